The highest BCUT2D eigenvalue weighted by atomic mass is 16.3. The van der Waals surface area contributed by atoms with Crippen LogP contribution >= 0.6 is 0 Å². The number of aryl methyl sites for hydroxylation is 1. The average Bonchev–Trinajstić information content (AvgIpc) is 2.34. The van der Waals surface area contributed by atoms with Crippen LogP contribution in [0, 0.1) is 0 Å². The highest BCUT2D eigenvalue weighted by Gasteiger charge is 2.24. The zero-order chi connectivity index (χ0) is 16.4. The second-order valence-corrected chi connectivity index (χ2v) is 7.60. The topological polar surface area (TPSA) is 75.4 Å². The summed E-state index contributed by atoms with van der Waals surface area (Å²) in [4.78, 5) is 11.3. The minimum absolute atomic E-state index is 0.0153. The zero-order valence-corrected chi connectivity index (χ0v) is 14.0. The van der Waals surface area contributed by atoms with Gasteiger partial charge in [-0.3, -0.25) is 10.2 Å². The van der Waals surface area contributed by atoms with Crippen LogP contribution in [0.15, 0.2) is 12.1 Å². The fourth-order valence-electron chi connectivity index (χ4n) is 2.21. The van der Waals surface area contributed by atoms with Gasteiger partial charge in [-0.1, -0.05) is 53.7 Å². The molecule has 118 valence electrons. The number of aromatic hydroxyl groups is 1. The molecule has 0 heterocycles. The number of nitrogens with one attached hydrogen (secondary N) is 1. The lowest BCUT2D eigenvalue weighted by Crippen LogP contribution is -2.30. The van der Waals surface area contributed by atoms with Gasteiger partial charge in [0.15, 0.2) is 0 Å². The minimum atomic E-state index is -0.229. The summed E-state index contributed by atoms with van der Waals surface area (Å²) in [5.74, 6) is 5.17. The molecule has 4 nitrogen and oxygen atoms in total. The van der Waals surface area contributed by atoms with Crippen LogP contribution < -0.4 is 11.3 Å². The fraction of sp³-hybridized carbons (Fsp3) is 0.588. The van der Waals surface area contributed by atoms with Crippen LogP contribution in [-0.4, -0.2) is 11.0 Å². The normalized spacial score (nSPS) is 12.3. The maximum atomic E-state index is 11.3. The maximum Gasteiger partial charge on any atom is 0.234 e. The minimum Gasteiger partial charge on any atom is -0.507 e. The van der Waals surface area contributed by atoms with Crippen molar-refractivity contribution in [3.05, 3.63) is 28.8 Å². The number of phenolic OH excluding ortho intramolecular Hbond substituents is 1. The summed E-state index contributed by atoms with van der Waals surface area (Å²) < 4.78 is 0. The molecule has 0 aliphatic heterocycles. The van der Waals surface area contributed by atoms with Gasteiger partial charge in [0.1, 0.15) is 5.75 Å². The van der Waals surface area contributed by atoms with E-state index in [1.54, 1.807) is 0 Å². The number of hydrogen-bond donors (Lipinski definition) is 3. The highest BCUT2D eigenvalue weighted by Crippen LogP contribution is 2.38. The van der Waals surface area contributed by atoms with E-state index in [0.717, 1.165) is 16.7 Å². The van der Waals surface area contributed by atoms with E-state index >= 15 is 0 Å². The molecule has 1 aromatic carbocycles. The number of benzene rings is 1. The van der Waals surface area contributed by atoms with E-state index in [4.69, 9.17) is 5.84 Å². The quantitative estimate of drug-likeness (QED) is 0.455. The molecule has 4 N–H and O–H groups in total. The van der Waals surface area contributed by atoms with Crippen molar-refractivity contribution >= 4 is 5.91 Å². The molecule has 1 rings (SSSR count). The third-order valence-corrected chi connectivity index (χ3v) is 3.65. The first-order valence-corrected chi connectivity index (χ1v) is 7.33. The third kappa shape index (κ3) is 4.46. The number of rotatable bonds is 3. The van der Waals surface area contributed by atoms with E-state index in [-0.39, 0.29) is 23.2 Å². The largest absolute Gasteiger partial charge is 0.507 e. The van der Waals surface area contributed by atoms with Crippen molar-refractivity contribution in [1.29, 1.82) is 0 Å². The van der Waals surface area contributed by atoms with Crippen LogP contribution in [0.4, 0.5) is 0 Å². The molecule has 0 aromatic heterocycles. The molecule has 0 saturated heterocycles. The molecular weight excluding hydrogens is 264 g/mol. The molecule has 0 atom stereocenters. The third-order valence-electron chi connectivity index (χ3n) is 3.65. The summed E-state index contributed by atoms with van der Waals surface area (Å²) >= 11 is 0. The fourth-order valence-corrected chi connectivity index (χ4v) is 2.21. The molecule has 0 spiro atoms. The predicted molar refractivity (Wildman–Crippen MR) is 86.2 cm³/mol. The number of nitrogens with two attached hydrogens (primary N) is 1. The zero-order valence-electron chi connectivity index (χ0n) is 14.0. The Morgan fingerprint density at radius 3 is 2.14 bits per heavy atom. The molecule has 0 unspecified atom stereocenters. The molecule has 0 fully saturated rings. The molecule has 1 aromatic rings. The smallest absolute Gasteiger partial charge is 0.234 e. The van der Waals surface area contributed by atoms with Crippen LogP contribution in [-0.2, 0) is 22.0 Å². The standard InChI is InChI=1S/C17H28N2O2/c1-16(2,3)12-9-11(7-8-14(20)19-18)15(21)13(10-12)17(4,5)6/h9-10,21H,7-8,18H2,1-6H3,(H,19,20). The van der Waals surface area contributed by atoms with Crippen molar-refractivity contribution in [2.24, 2.45) is 5.84 Å². The van der Waals surface area contributed by atoms with Crippen LogP contribution in [0.2, 0.25) is 0 Å². The molecule has 0 radical (unpaired) electrons. The second kappa shape index (κ2) is 6.06. The van der Waals surface area contributed by atoms with Gasteiger partial charge < -0.3 is 5.11 Å². The number of hydrogen-bond acceptors (Lipinski definition) is 3. The van der Waals surface area contributed by atoms with Gasteiger partial charge in [-0.25, -0.2) is 5.84 Å². The van der Waals surface area contributed by atoms with E-state index in [2.05, 4.69) is 53.0 Å². The van der Waals surface area contributed by atoms with Gasteiger partial charge in [0.2, 0.25) is 5.91 Å². The van der Waals surface area contributed by atoms with Gasteiger partial charge in [0.05, 0.1) is 0 Å². The summed E-state index contributed by atoms with van der Waals surface area (Å²) in [5, 5.41) is 10.5. The monoisotopic (exact) mass is 292 g/mol. The number of carbonyl (C=O) groups is 1. The molecule has 0 saturated carbocycles. The van der Waals surface area contributed by atoms with Crippen LogP contribution in [0.1, 0.15) is 64.7 Å². The lowest BCUT2D eigenvalue weighted by atomic mass is 9.78. The van der Waals surface area contributed by atoms with Gasteiger partial charge in [0, 0.05) is 6.42 Å². The molecule has 0 aliphatic carbocycles. The van der Waals surface area contributed by atoms with Crippen LogP contribution in [0.5, 0.6) is 5.75 Å². The van der Waals surface area contributed by atoms with Crippen LogP contribution in [0.25, 0.3) is 0 Å². The number of hydrazine groups is 1. The van der Waals surface area contributed by atoms with Crippen molar-refractivity contribution < 1.29 is 9.90 Å². The summed E-state index contributed by atoms with van der Waals surface area (Å²) in [7, 11) is 0. The Hall–Kier alpha value is -1.55. The Bertz CT molecular complexity index is 523. The first-order chi connectivity index (χ1) is 9.46. The van der Waals surface area contributed by atoms with Crippen molar-refractivity contribution in [3.63, 3.8) is 0 Å². The summed E-state index contributed by atoms with van der Waals surface area (Å²) in [5.41, 5.74) is 4.83. The van der Waals surface area contributed by atoms with Crippen molar-refractivity contribution in [2.75, 3.05) is 0 Å². The first-order valence-electron chi connectivity index (χ1n) is 7.33. The summed E-state index contributed by atoms with van der Waals surface area (Å²) in [6.45, 7) is 12.6. The molecule has 1 amide bonds. The van der Waals surface area contributed by atoms with Gasteiger partial charge in [0.25, 0.3) is 0 Å². The second-order valence-electron chi connectivity index (χ2n) is 7.60. The molecular formula is C17H28N2O2. The Morgan fingerprint density at radius 2 is 1.71 bits per heavy atom. The molecule has 0 aliphatic rings. The van der Waals surface area contributed by atoms with E-state index in [9.17, 15) is 9.90 Å². The van der Waals surface area contributed by atoms with Crippen LogP contribution in [0.3, 0.4) is 0 Å². The Labute approximate surface area is 127 Å². The van der Waals surface area contributed by atoms with Gasteiger partial charge >= 0.3 is 0 Å². The summed E-state index contributed by atoms with van der Waals surface area (Å²) in [6, 6.07) is 4.07. The molecule has 0 bridgehead atoms. The number of carbonyl (C=O) groups excluding carboxylic acids is 1. The van der Waals surface area contributed by atoms with Crippen molar-refractivity contribution in [2.45, 2.75) is 65.2 Å². The lowest BCUT2D eigenvalue weighted by Gasteiger charge is -2.27. The summed E-state index contributed by atoms with van der Waals surface area (Å²) in [6.07, 6.45) is 0.739. The maximum absolute atomic E-state index is 11.3. The average molecular weight is 292 g/mol. The van der Waals surface area contributed by atoms with Gasteiger partial charge in [-0.15, -0.1) is 0 Å². The van der Waals surface area contributed by atoms with Gasteiger partial charge in [-0.05, 0) is 33.9 Å². The van der Waals surface area contributed by atoms with E-state index in [0.29, 0.717) is 12.2 Å². The van der Waals surface area contributed by atoms with E-state index < -0.39 is 0 Å². The predicted octanol–water partition coefficient (Wildman–Crippen LogP) is 2.91. The lowest BCUT2D eigenvalue weighted by molar-refractivity contribution is -0.121. The Balaban J connectivity index is 3.32. The number of phenols is 1. The van der Waals surface area contributed by atoms with Crippen molar-refractivity contribution in [3.8, 4) is 5.75 Å². The Morgan fingerprint density at radius 1 is 1.14 bits per heavy atom. The Kier molecular flexibility index (Phi) is 5.05. The molecule has 4 heteroatoms. The SMILES string of the molecule is CC(C)(C)c1cc(CCC(=O)NN)c(O)c(C(C)(C)C)c1. The van der Waals surface area contributed by atoms with Gasteiger partial charge in [-0.2, -0.15) is 0 Å². The van der Waals surface area contributed by atoms with E-state index in [1.807, 2.05) is 6.07 Å². The van der Waals surface area contributed by atoms with Crippen molar-refractivity contribution in [1.82, 2.24) is 5.43 Å². The molecule has 21 heavy (non-hydrogen) atoms. The number of amides is 1. The highest BCUT2D eigenvalue weighted by molar-refractivity contribution is 5.75. The first kappa shape index (κ1) is 17.5. The van der Waals surface area contributed by atoms with E-state index in [1.165, 1.54) is 0 Å².